The second kappa shape index (κ2) is 6.83. The van der Waals surface area contributed by atoms with Gasteiger partial charge in [-0.2, -0.15) is 0 Å². The number of nitrogens with two attached hydrogens (primary N) is 1. The van der Waals surface area contributed by atoms with Crippen molar-refractivity contribution in [2.75, 3.05) is 6.61 Å². The van der Waals surface area contributed by atoms with Crippen molar-refractivity contribution >= 4 is 11.9 Å². The molecule has 0 aliphatic carbocycles. The first-order valence-corrected chi connectivity index (χ1v) is 5.65. The number of rotatable bonds is 5. The third-order valence-corrected chi connectivity index (χ3v) is 2.45. The Morgan fingerprint density at radius 1 is 1.42 bits per heavy atom. The van der Waals surface area contributed by atoms with E-state index < -0.39 is 24.1 Å². The second-order valence-electron chi connectivity index (χ2n) is 3.74. The van der Waals surface area contributed by atoms with Crippen LogP contribution in [0.3, 0.4) is 0 Å². The van der Waals surface area contributed by atoms with Gasteiger partial charge in [-0.1, -0.05) is 12.1 Å². The number of carbonyl (C=O) groups is 2. The number of aliphatic hydroxyl groups is 2. The van der Waals surface area contributed by atoms with Gasteiger partial charge in [-0.3, -0.25) is 10.2 Å². The largest absolute Gasteiger partial charge is 0.464 e. The molecule has 0 bridgehead atoms. The van der Waals surface area contributed by atoms with E-state index in [9.17, 15) is 19.8 Å². The molecule has 2 unspecified atom stereocenters. The van der Waals surface area contributed by atoms with E-state index in [0.29, 0.717) is 0 Å². The van der Waals surface area contributed by atoms with Gasteiger partial charge >= 0.3 is 5.97 Å². The third-order valence-electron chi connectivity index (χ3n) is 2.45. The molecule has 0 fully saturated rings. The van der Waals surface area contributed by atoms with Crippen molar-refractivity contribution in [2.45, 2.75) is 19.1 Å². The fraction of sp³-hybridized carbons (Fsp3) is 0.333. The van der Waals surface area contributed by atoms with Crippen LogP contribution < -0.4 is 11.3 Å². The molecule has 0 saturated heterocycles. The van der Waals surface area contributed by atoms with Gasteiger partial charge in [0.15, 0.2) is 6.10 Å². The number of nitrogen functional groups attached to an aromatic ring is 1. The molecule has 1 amide bonds. The van der Waals surface area contributed by atoms with Gasteiger partial charge in [0.1, 0.15) is 6.10 Å². The molecular weight excluding hydrogens is 252 g/mol. The number of hydrazine groups is 1. The molecule has 1 aromatic rings. The predicted molar refractivity (Wildman–Crippen MR) is 65.7 cm³/mol. The fourth-order valence-electron chi connectivity index (χ4n) is 1.49. The maximum Gasteiger partial charge on any atom is 0.338 e. The van der Waals surface area contributed by atoms with Crippen LogP contribution in [0, 0.1) is 0 Å². The van der Waals surface area contributed by atoms with Crippen molar-refractivity contribution in [2.24, 2.45) is 5.84 Å². The Balaban J connectivity index is 2.90. The summed E-state index contributed by atoms with van der Waals surface area (Å²) >= 11 is 0. The Hall–Kier alpha value is -1.96. The summed E-state index contributed by atoms with van der Waals surface area (Å²) in [5.74, 6) is 3.52. The van der Waals surface area contributed by atoms with E-state index >= 15 is 0 Å². The van der Waals surface area contributed by atoms with E-state index in [1.807, 2.05) is 5.43 Å². The molecule has 0 heterocycles. The van der Waals surface area contributed by atoms with Crippen LogP contribution in [0.5, 0.6) is 0 Å². The van der Waals surface area contributed by atoms with Crippen LogP contribution in [0.4, 0.5) is 0 Å². The van der Waals surface area contributed by atoms with Gasteiger partial charge in [0.2, 0.25) is 0 Å². The minimum absolute atomic E-state index is 0.0955. The van der Waals surface area contributed by atoms with E-state index in [4.69, 9.17) is 5.84 Å². The van der Waals surface area contributed by atoms with Crippen LogP contribution in [0.1, 0.15) is 28.9 Å². The van der Waals surface area contributed by atoms with Crippen LogP contribution >= 0.6 is 0 Å². The van der Waals surface area contributed by atoms with E-state index in [1.165, 1.54) is 24.3 Å². The fourth-order valence-corrected chi connectivity index (χ4v) is 1.49. The third kappa shape index (κ3) is 3.75. The molecule has 2 atom stereocenters. The van der Waals surface area contributed by atoms with Crippen LogP contribution in [-0.4, -0.2) is 34.8 Å². The van der Waals surface area contributed by atoms with E-state index in [1.54, 1.807) is 6.92 Å². The summed E-state index contributed by atoms with van der Waals surface area (Å²) in [5, 5.41) is 19.5. The van der Waals surface area contributed by atoms with Crippen molar-refractivity contribution in [1.29, 1.82) is 0 Å². The Morgan fingerprint density at radius 2 is 2.11 bits per heavy atom. The van der Waals surface area contributed by atoms with E-state index in [2.05, 4.69) is 4.74 Å². The molecular formula is C12H16N2O5. The number of amides is 1. The zero-order valence-corrected chi connectivity index (χ0v) is 10.4. The SMILES string of the molecule is CCOC(=O)C(O)C(O)c1cccc(C(=O)NN)c1. The average molecular weight is 268 g/mol. The molecule has 5 N–H and O–H groups in total. The second-order valence-corrected chi connectivity index (χ2v) is 3.74. The number of hydrogen-bond acceptors (Lipinski definition) is 6. The lowest BCUT2D eigenvalue weighted by atomic mass is 10.0. The molecule has 0 spiro atoms. The number of aliphatic hydroxyl groups excluding tert-OH is 2. The minimum atomic E-state index is -1.71. The Kier molecular flexibility index (Phi) is 5.43. The first-order chi connectivity index (χ1) is 9.01. The highest BCUT2D eigenvalue weighted by Crippen LogP contribution is 2.19. The molecule has 19 heavy (non-hydrogen) atoms. The Morgan fingerprint density at radius 3 is 2.68 bits per heavy atom. The molecule has 7 nitrogen and oxygen atoms in total. The van der Waals surface area contributed by atoms with Crippen LogP contribution in [-0.2, 0) is 9.53 Å². The highest BCUT2D eigenvalue weighted by atomic mass is 16.5. The minimum Gasteiger partial charge on any atom is -0.464 e. The van der Waals surface area contributed by atoms with E-state index in [-0.39, 0.29) is 17.7 Å². The quantitative estimate of drug-likeness (QED) is 0.241. The van der Waals surface area contributed by atoms with Gasteiger partial charge in [-0.15, -0.1) is 0 Å². The lowest BCUT2D eigenvalue weighted by Crippen LogP contribution is -2.31. The topological polar surface area (TPSA) is 122 Å². The number of benzene rings is 1. The number of esters is 1. The molecule has 1 aromatic carbocycles. The highest BCUT2D eigenvalue weighted by molar-refractivity contribution is 5.93. The zero-order valence-electron chi connectivity index (χ0n) is 10.4. The van der Waals surface area contributed by atoms with Crippen molar-refractivity contribution in [3.8, 4) is 0 Å². The zero-order chi connectivity index (χ0) is 14.4. The van der Waals surface area contributed by atoms with Gasteiger partial charge in [0.05, 0.1) is 6.61 Å². The number of hydrogen-bond donors (Lipinski definition) is 4. The molecule has 7 heteroatoms. The maximum atomic E-state index is 11.3. The van der Waals surface area contributed by atoms with Crippen molar-refractivity contribution in [3.05, 3.63) is 35.4 Å². The van der Waals surface area contributed by atoms with E-state index in [0.717, 1.165) is 0 Å². The average Bonchev–Trinajstić information content (AvgIpc) is 2.45. The van der Waals surface area contributed by atoms with Gasteiger partial charge in [-0.25, -0.2) is 10.6 Å². The van der Waals surface area contributed by atoms with Gasteiger partial charge in [0, 0.05) is 5.56 Å². The summed E-state index contributed by atoms with van der Waals surface area (Å²) in [6.45, 7) is 1.68. The summed E-state index contributed by atoms with van der Waals surface area (Å²) in [6, 6.07) is 5.78. The monoisotopic (exact) mass is 268 g/mol. The normalized spacial score (nSPS) is 13.5. The summed E-state index contributed by atoms with van der Waals surface area (Å²) < 4.78 is 4.60. The molecule has 0 aromatic heterocycles. The number of nitrogens with one attached hydrogen (secondary N) is 1. The summed E-state index contributed by atoms with van der Waals surface area (Å²) in [5.41, 5.74) is 2.36. The van der Waals surface area contributed by atoms with Crippen LogP contribution in [0.25, 0.3) is 0 Å². The first-order valence-electron chi connectivity index (χ1n) is 5.65. The molecule has 0 aliphatic rings. The summed E-state index contributed by atoms with van der Waals surface area (Å²) in [4.78, 5) is 22.6. The highest BCUT2D eigenvalue weighted by Gasteiger charge is 2.27. The van der Waals surface area contributed by atoms with Gasteiger partial charge in [-0.05, 0) is 24.6 Å². The van der Waals surface area contributed by atoms with Crippen LogP contribution in [0.15, 0.2) is 24.3 Å². The van der Waals surface area contributed by atoms with Crippen LogP contribution in [0.2, 0.25) is 0 Å². The Bertz CT molecular complexity index is 463. The van der Waals surface area contributed by atoms with Gasteiger partial charge in [0.25, 0.3) is 5.91 Å². The van der Waals surface area contributed by atoms with Gasteiger partial charge < -0.3 is 14.9 Å². The molecule has 0 radical (unpaired) electrons. The molecule has 0 aliphatic heterocycles. The summed E-state index contributed by atoms with van der Waals surface area (Å²) in [6.07, 6.45) is -3.19. The molecule has 1 rings (SSSR count). The van der Waals surface area contributed by atoms with Crippen molar-refractivity contribution in [1.82, 2.24) is 5.43 Å². The molecule has 0 saturated carbocycles. The van der Waals surface area contributed by atoms with Crippen molar-refractivity contribution in [3.63, 3.8) is 0 Å². The Labute approximate surface area is 110 Å². The molecule has 104 valence electrons. The lowest BCUT2D eigenvalue weighted by Gasteiger charge is -2.17. The smallest absolute Gasteiger partial charge is 0.338 e. The summed E-state index contributed by atoms with van der Waals surface area (Å²) in [7, 11) is 0. The standard InChI is InChI=1S/C12H16N2O5/c1-2-19-12(18)10(16)9(15)7-4-3-5-8(6-7)11(17)14-13/h3-6,9-10,15-16H,2,13H2,1H3,(H,14,17). The number of carbonyl (C=O) groups excluding carboxylic acids is 2. The number of ether oxygens (including phenoxy) is 1. The van der Waals surface area contributed by atoms with Crippen molar-refractivity contribution < 1.29 is 24.5 Å². The predicted octanol–water partition coefficient (Wildman–Crippen LogP) is -0.752. The maximum absolute atomic E-state index is 11.3. The first kappa shape index (κ1) is 15.1. The lowest BCUT2D eigenvalue weighted by molar-refractivity contribution is -0.159.